The van der Waals surface area contributed by atoms with E-state index in [0.29, 0.717) is 5.69 Å². The Morgan fingerprint density at radius 2 is 1.81 bits per heavy atom. The molecule has 0 N–H and O–H groups in total. The van der Waals surface area contributed by atoms with Crippen LogP contribution in [0.25, 0.3) is 11.3 Å². The van der Waals surface area contributed by atoms with E-state index in [1.54, 1.807) is 29.4 Å². The van der Waals surface area contributed by atoms with Gasteiger partial charge in [-0.05, 0) is 55.4 Å². The van der Waals surface area contributed by atoms with Gasteiger partial charge in [0, 0.05) is 36.4 Å². The molecule has 2 aliphatic carbocycles. The van der Waals surface area contributed by atoms with Crippen molar-refractivity contribution in [3.63, 3.8) is 0 Å². The molecule has 2 aliphatic rings. The summed E-state index contributed by atoms with van der Waals surface area (Å²) in [7, 11) is 0. The quantitative estimate of drug-likeness (QED) is 0.663. The Labute approximate surface area is 155 Å². The molecule has 0 aliphatic heterocycles. The van der Waals surface area contributed by atoms with E-state index in [1.807, 2.05) is 24.3 Å². The van der Waals surface area contributed by atoms with Crippen LogP contribution >= 0.6 is 0 Å². The van der Waals surface area contributed by atoms with Gasteiger partial charge < -0.3 is 9.13 Å². The van der Waals surface area contributed by atoms with Crippen molar-refractivity contribution in [1.29, 1.82) is 0 Å². The molecule has 3 atom stereocenters. The molecule has 7 heteroatoms. The minimum atomic E-state index is -0.504. The normalized spacial score (nSPS) is 23.2. The van der Waals surface area contributed by atoms with E-state index < -0.39 is 11.1 Å². The molecule has 2 saturated carbocycles. The standard InChI is InChI=1S/C20H19N5O2/c26-19-20(27)25(17-9-14-8-15(14)10-17)7-6-24(19)12-16-3-4-18(23-22-16)13-2-1-5-21-11-13/h1-7,11,14-15,17H,8-10,12H2/t14-,15+,17?. The lowest BCUT2D eigenvalue weighted by Crippen LogP contribution is -2.42. The van der Waals surface area contributed by atoms with Gasteiger partial charge in [0.25, 0.3) is 0 Å². The summed E-state index contributed by atoms with van der Waals surface area (Å²) in [5, 5.41) is 8.39. The highest BCUT2D eigenvalue weighted by molar-refractivity contribution is 5.56. The van der Waals surface area contributed by atoms with Gasteiger partial charge in [-0.2, -0.15) is 10.2 Å². The first-order chi connectivity index (χ1) is 13.2. The molecule has 3 aromatic rings. The van der Waals surface area contributed by atoms with E-state index >= 15 is 0 Å². The van der Waals surface area contributed by atoms with Crippen LogP contribution in [0.1, 0.15) is 31.0 Å². The maximum atomic E-state index is 12.5. The summed E-state index contributed by atoms with van der Waals surface area (Å²) < 4.78 is 3.03. The third-order valence-electron chi connectivity index (χ3n) is 5.71. The van der Waals surface area contributed by atoms with Crippen LogP contribution in [0.2, 0.25) is 0 Å². The summed E-state index contributed by atoms with van der Waals surface area (Å²) in [6, 6.07) is 7.59. The summed E-state index contributed by atoms with van der Waals surface area (Å²) in [5.41, 5.74) is 1.28. The van der Waals surface area contributed by atoms with E-state index in [2.05, 4.69) is 15.2 Å². The van der Waals surface area contributed by atoms with Crippen LogP contribution in [-0.2, 0) is 6.54 Å². The highest BCUT2D eigenvalue weighted by Gasteiger charge is 2.46. The molecular weight excluding hydrogens is 342 g/mol. The second kappa shape index (κ2) is 6.26. The molecule has 7 nitrogen and oxygen atoms in total. The van der Waals surface area contributed by atoms with E-state index in [4.69, 9.17) is 0 Å². The van der Waals surface area contributed by atoms with E-state index in [1.165, 1.54) is 11.0 Å². The molecule has 1 unspecified atom stereocenters. The Hall–Kier alpha value is -3.09. The number of hydrogen-bond acceptors (Lipinski definition) is 5. The Bertz CT molecular complexity index is 1080. The summed E-state index contributed by atoms with van der Waals surface area (Å²) in [6.45, 7) is 0.227. The van der Waals surface area contributed by atoms with Crippen LogP contribution in [0.4, 0.5) is 0 Å². The Morgan fingerprint density at radius 1 is 0.963 bits per heavy atom. The Kier molecular flexibility index (Phi) is 3.74. The van der Waals surface area contributed by atoms with Crippen LogP contribution in [0, 0.1) is 11.8 Å². The first-order valence-corrected chi connectivity index (χ1v) is 9.23. The van der Waals surface area contributed by atoms with Crippen molar-refractivity contribution in [2.24, 2.45) is 11.8 Å². The van der Waals surface area contributed by atoms with E-state index in [9.17, 15) is 9.59 Å². The van der Waals surface area contributed by atoms with Crippen molar-refractivity contribution in [3.05, 3.63) is 75.5 Å². The van der Waals surface area contributed by atoms with Crippen LogP contribution < -0.4 is 11.1 Å². The molecule has 0 aromatic carbocycles. The van der Waals surface area contributed by atoms with Gasteiger partial charge in [-0.1, -0.05) is 0 Å². The van der Waals surface area contributed by atoms with Gasteiger partial charge in [-0.25, -0.2) is 0 Å². The van der Waals surface area contributed by atoms with Gasteiger partial charge >= 0.3 is 11.1 Å². The summed E-state index contributed by atoms with van der Waals surface area (Å²) in [6.07, 6.45) is 10.2. The molecule has 0 bridgehead atoms. The van der Waals surface area contributed by atoms with E-state index in [-0.39, 0.29) is 12.6 Å². The van der Waals surface area contributed by atoms with Crippen LogP contribution in [0.15, 0.2) is 58.6 Å². The highest BCUT2D eigenvalue weighted by Crippen LogP contribution is 2.55. The first kappa shape index (κ1) is 16.1. The second-order valence-electron chi connectivity index (χ2n) is 7.48. The summed E-state index contributed by atoms with van der Waals surface area (Å²) in [4.78, 5) is 29.1. The Balaban J connectivity index is 1.37. The molecule has 27 heavy (non-hydrogen) atoms. The molecule has 2 fully saturated rings. The second-order valence-corrected chi connectivity index (χ2v) is 7.48. The van der Waals surface area contributed by atoms with Crippen molar-refractivity contribution >= 4 is 0 Å². The fourth-order valence-corrected chi connectivity index (χ4v) is 4.13. The largest absolute Gasteiger partial charge is 0.316 e. The molecule has 136 valence electrons. The molecule has 0 spiro atoms. The highest BCUT2D eigenvalue weighted by atomic mass is 16.2. The van der Waals surface area contributed by atoms with Gasteiger partial charge in [0.1, 0.15) is 0 Å². The predicted molar refractivity (Wildman–Crippen MR) is 99.2 cm³/mol. The van der Waals surface area contributed by atoms with E-state index in [0.717, 1.165) is 35.9 Å². The zero-order valence-electron chi connectivity index (χ0n) is 14.7. The first-order valence-electron chi connectivity index (χ1n) is 9.23. The molecule has 0 saturated heterocycles. The number of nitrogens with zero attached hydrogens (tertiary/aromatic N) is 5. The average Bonchev–Trinajstić information content (AvgIpc) is 3.32. The molecular formula is C20H19N5O2. The van der Waals surface area contributed by atoms with Gasteiger partial charge in [0.2, 0.25) is 0 Å². The smallest absolute Gasteiger partial charge is 0.306 e. The topological polar surface area (TPSA) is 82.7 Å². The molecule has 0 amide bonds. The molecule has 3 heterocycles. The fourth-order valence-electron chi connectivity index (χ4n) is 4.13. The van der Waals surface area contributed by atoms with Crippen molar-refractivity contribution in [1.82, 2.24) is 24.3 Å². The van der Waals surface area contributed by atoms with Gasteiger partial charge in [0.15, 0.2) is 0 Å². The van der Waals surface area contributed by atoms with Gasteiger partial charge in [-0.15, -0.1) is 0 Å². The minimum Gasteiger partial charge on any atom is -0.306 e. The summed E-state index contributed by atoms with van der Waals surface area (Å²) in [5.74, 6) is 1.52. The zero-order chi connectivity index (χ0) is 18.4. The number of rotatable bonds is 4. The van der Waals surface area contributed by atoms with Gasteiger partial charge in [-0.3, -0.25) is 14.6 Å². The van der Waals surface area contributed by atoms with Gasteiger partial charge in [0.05, 0.1) is 17.9 Å². The summed E-state index contributed by atoms with van der Waals surface area (Å²) >= 11 is 0. The maximum absolute atomic E-state index is 12.5. The van der Waals surface area contributed by atoms with Crippen molar-refractivity contribution < 1.29 is 0 Å². The van der Waals surface area contributed by atoms with Crippen molar-refractivity contribution in [2.75, 3.05) is 0 Å². The molecule has 0 radical (unpaired) electrons. The number of pyridine rings is 1. The molecule has 3 aromatic heterocycles. The van der Waals surface area contributed by atoms with Crippen LogP contribution in [0.3, 0.4) is 0 Å². The van der Waals surface area contributed by atoms with Crippen LogP contribution in [-0.4, -0.2) is 24.3 Å². The lowest BCUT2D eigenvalue weighted by molar-refractivity contribution is 0.445. The Morgan fingerprint density at radius 3 is 2.52 bits per heavy atom. The lowest BCUT2D eigenvalue weighted by atomic mass is 10.1. The monoisotopic (exact) mass is 361 g/mol. The third-order valence-corrected chi connectivity index (χ3v) is 5.71. The number of aromatic nitrogens is 5. The SMILES string of the molecule is O=c1c(=O)n(C2C[C@@H]3C[C@@H]3C2)ccn1Cc1ccc(-c2cccnc2)nn1. The average molecular weight is 361 g/mol. The number of hydrogen-bond donors (Lipinski definition) is 0. The van der Waals surface area contributed by atoms with Crippen molar-refractivity contribution in [2.45, 2.75) is 31.8 Å². The molecule has 5 rings (SSSR count). The zero-order valence-corrected chi connectivity index (χ0v) is 14.7. The minimum absolute atomic E-state index is 0.183. The maximum Gasteiger partial charge on any atom is 0.316 e. The predicted octanol–water partition coefficient (Wildman–Crippen LogP) is 1.88. The number of fused-ring (bicyclic) bond motifs is 1. The lowest BCUT2D eigenvalue weighted by Gasteiger charge is -2.16. The van der Waals surface area contributed by atoms with Crippen molar-refractivity contribution in [3.8, 4) is 11.3 Å². The van der Waals surface area contributed by atoms with Crippen LogP contribution in [0.5, 0.6) is 0 Å². The fraction of sp³-hybridized carbons (Fsp3) is 0.350. The third kappa shape index (κ3) is 2.99.